The van der Waals surface area contributed by atoms with Crippen molar-refractivity contribution in [1.29, 1.82) is 0 Å². The number of amides is 2. The lowest BCUT2D eigenvalue weighted by molar-refractivity contribution is -0.124. The van der Waals surface area contributed by atoms with Crippen molar-refractivity contribution in [2.24, 2.45) is 5.73 Å². The molecule has 0 aliphatic carbocycles. The van der Waals surface area contributed by atoms with E-state index in [0.29, 0.717) is 11.4 Å². The molecule has 3 N–H and O–H groups in total. The van der Waals surface area contributed by atoms with Crippen molar-refractivity contribution in [1.82, 2.24) is 0 Å². The van der Waals surface area contributed by atoms with E-state index in [9.17, 15) is 18.0 Å². The molecule has 0 fully saturated rings. The van der Waals surface area contributed by atoms with Crippen LogP contribution in [0.3, 0.4) is 0 Å². The molecule has 2 aromatic rings. The molecule has 1 atom stereocenters. The third-order valence-corrected chi connectivity index (χ3v) is 5.90. The van der Waals surface area contributed by atoms with Gasteiger partial charge < -0.3 is 20.5 Å². The number of nitrogens with two attached hydrogens (primary N) is 1. The molecule has 0 unspecified atom stereocenters. The topological polar surface area (TPSA) is 128 Å². The molecule has 1 aliphatic rings. The number of para-hydroxylation sites is 2. The summed E-state index contributed by atoms with van der Waals surface area (Å²) < 4.78 is 38.4. The Morgan fingerprint density at radius 3 is 2.61 bits per heavy atom. The van der Waals surface area contributed by atoms with Crippen LogP contribution in [0.2, 0.25) is 0 Å². The molecule has 0 bridgehead atoms. The molecule has 9 nitrogen and oxygen atoms in total. The number of rotatable bonds is 5. The van der Waals surface area contributed by atoms with E-state index in [1.165, 1.54) is 32.2 Å². The van der Waals surface area contributed by atoms with Crippen molar-refractivity contribution in [2.45, 2.75) is 17.9 Å². The van der Waals surface area contributed by atoms with E-state index in [4.69, 9.17) is 15.2 Å². The smallest absolute Gasteiger partial charge is 0.264 e. The molecule has 0 radical (unpaired) electrons. The largest absolute Gasteiger partial charge is 0.495 e. The maximum Gasteiger partial charge on any atom is 0.264 e. The number of fused-ring (bicyclic) bond motifs is 1. The Balaban J connectivity index is 2.07. The Bertz CT molecular complexity index is 1040. The highest BCUT2D eigenvalue weighted by atomic mass is 32.2. The van der Waals surface area contributed by atoms with Crippen LogP contribution in [0, 0.1) is 0 Å². The minimum absolute atomic E-state index is 0.0709. The van der Waals surface area contributed by atoms with Crippen molar-refractivity contribution in [3.05, 3.63) is 42.5 Å². The van der Waals surface area contributed by atoms with Crippen LogP contribution in [-0.4, -0.2) is 40.0 Å². The number of carbonyl (C=O) groups excluding carboxylic acids is 2. The summed E-state index contributed by atoms with van der Waals surface area (Å²) in [4.78, 5) is 22.9. The first-order chi connectivity index (χ1) is 13.2. The number of carbonyl (C=O) groups is 2. The predicted molar refractivity (Wildman–Crippen MR) is 102 cm³/mol. The molecular formula is C18H19N3O6S. The van der Waals surface area contributed by atoms with Gasteiger partial charge in [0, 0.05) is 13.0 Å². The van der Waals surface area contributed by atoms with E-state index < -0.39 is 22.0 Å². The average molecular weight is 405 g/mol. The van der Waals surface area contributed by atoms with Crippen molar-refractivity contribution in [3.63, 3.8) is 0 Å². The third-order valence-electron chi connectivity index (χ3n) is 4.12. The number of nitrogens with zero attached hydrogens (tertiary/aromatic N) is 1. The summed E-state index contributed by atoms with van der Waals surface area (Å²) in [6.07, 6.45) is -1.12. The van der Waals surface area contributed by atoms with Crippen LogP contribution in [0.5, 0.6) is 11.5 Å². The Morgan fingerprint density at radius 2 is 1.96 bits per heavy atom. The van der Waals surface area contributed by atoms with E-state index >= 15 is 0 Å². The van der Waals surface area contributed by atoms with Crippen LogP contribution in [0.4, 0.5) is 11.4 Å². The number of hydrogen-bond acceptors (Lipinski definition) is 6. The fourth-order valence-corrected chi connectivity index (χ4v) is 4.32. The molecule has 10 heteroatoms. The van der Waals surface area contributed by atoms with Crippen LogP contribution in [0.25, 0.3) is 0 Å². The van der Waals surface area contributed by atoms with Gasteiger partial charge >= 0.3 is 0 Å². The molecule has 0 saturated heterocycles. The number of nitrogens with one attached hydrogen (secondary N) is 1. The van der Waals surface area contributed by atoms with Crippen molar-refractivity contribution in [3.8, 4) is 11.5 Å². The summed E-state index contributed by atoms with van der Waals surface area (Å²) in [7, 11) is -2.70. The van der Waals surface area contributed by atoms with Crippen LogP contribution in [0.15, 0.2) is 47.4 Å². The van der Waals surface area contributed by atoms with Gasteiger partial charge in [-0.2, -0.15) is 0 Å². The first kappa shape index (κ1) is 19.5. The zero-order valence-electron chi connectivity index (χ0n) is 15.2. The normalized spacial score (nSPS) is 15.9. The first-order valence-electron chi connectivity index (χ1n) is 8.27. The summed E-state index contributed by atoms with van der Waals surface area (Å²) >= 11 is 0. The second kappa shape index (κ2) is 7.39. The average Bonchev–Trinajstić information content (AvgIpc) is 2.66. The number of ether oxygens (including phenoxy) is 2. The highest BCUT2D eigenvalue weighted by molar-refractivity contribution is 7.92. The first-order valence-corrected chi connectivity index (χ1v) is 9.71. The Morgan fingerprint density at radius 1 is 1.25 bits per heavy atom. The highest BCUT2D eigenvalue weighted by Gasteiger charge is 2.36. The lowest BCUT2D eigenvalue weighted by Crippen LogP contribution is -2.49. The van der Waals surface area contributed by atoms with Gasteiger partial charge in [-0.05, 0) is 24.3 Å². The molecular weight excluding hydrogens is 386 g/mol. The highest BCUT2D eigenvalue weighted by Crippen LogP contribution is 2.38. The Kier molecular flexibility index (Phi) is 5.14. The quantitative estimate of drug-likeness (QED) is 0.766. The van der Waals surface area contributed by atoms with Gasteiger partial charge in [0.1, 0.15) is 11.5 Å². The summed E-state index contributed by atoms with van der Waals surface area (Å²) in [6.45, 7) is 1.07. The molecule has 2 aromatic carbocycles. The summed E-state index contributed by atoms with van der Waals surface area (Å²) in [5, 5.41) is 2.57. The molecule has 1 heterocycles. The van der Waals surface area contributed by atoms with Gasteiger partial charge in [-0.15, -0.1) is 0 Å². The van der Waals surface area contributed by atoms with Gasteiger partial charge in [-0.25, -0.2) is 8.42 Å². The van der Waals surface area contributed by atoms with E-state index in [0.717, 1.165) is 4.31 Å². The summed E-state index contributed by atoms with van der Waals surface area (Å²) in [5.74, 6) is -0.666. The van der Waals surface area contributed by atoms with Crippen LogP contribution in [-0.2, 0) is 19.6 Å². The second-order valence-corrected chi connectivity index (χ2v) is 7.92. The van der Waals surface area contributed by atoms with Crippen molar-refractivity contribution >= 4 is 33.2 Å². The van der Waals surface area contributed by atoms with E-state index in [1.54, 1.807) is 24.3 Å². The van der Waals surface area contributed by atoms with Crippen molar-refractivity contribution in [2.75, 3.05) is 23.3 Å². The molecule has 3 rings (SSSR count). The minimum atomic E-state index is -4.07. The van der Waals surface area contributed by atoms with Gasteiger partial charge in [-0.1, -0.05) is 12.1 Å². The van der Waals surface area contributed by atoms with Gasteiger partial charge in [0.25, 0.3) is 15.9 Å². The monoisotopic (exact) mass is 405 g/mol. The van der Waals surface area contributed by atoms with Crippen LogP contribution < -0.4 is 24.8 Å². The lowest BCUT2D eigenvalue weighted by atomic mass is 10.2. The number of anilines is 2. The lowest BCUT2D eigenvalue weighted by Gasteiger charge is -2.34. The molecule has 0 aromatic heterocycles. The zero-order valence-corrected chi connectivity index (χ0v) is 16.0. The fourth-order valence-electron chi connectivity index (χ4n) is 2.83. The summed E-state index contributed by atoms with van der Waals surface area (Å²) in [5.41, 5.74) is 5.97. The summed E-state index contributed by atoms with van der Waals surface area (Å²) in [6, 6.07) is 10.6. The number of benzene rings is 2. The maximum atomic E-state index is 13.3. The molecule has 148 valence electrons. The van der Waals surface area contributed by atoms with Gasteiger partial charge in [-0.3, -0.25) is 13.9 Å². The minimum Gasteiger partial charge on any atom is -0.495 e. The predicted octanol–water partition coefficient (Wildman–Crippen LogP) is 1.10. The number of methoxy groups -OCH3 is 1. The number of hydrogen-bond donors (Lipinski definition) is 2. The van der Waals surface area contributed by atoms with Gasteiger partial charge in [0.2, 0.25) is 5.91 Å². The van der Waals surface area contributed by atoms with Gasteiger partial charge in [0.15, 0.2) is 6.10 Å². The number of sulfonamides is 1. The van der Waals surface area contributed by atoms with Crippen LogP contribution in [0.1, 0.15) is 6.92 Å². The Hall–Kier alpha value is -3.27. The number of primary amides is 1. The maximum absolute atomic E-state index is 13.3. The molecule has 0 spiro atoms. The Labute approximate surface area is 162 Å². The SMILES string of the molecule is COc1cc(S(=O)(=O)N2C[C@H](C(N)=O)Oc3ccccc32)ccc1NC(C)=O. The molecule has 1 aliphatic heterocycles. The van der Waals surface area contributed by atoms with E-state index in [1.807, 2.05) is 0 Å². The molecule has 0 saturated carbocycles. The fraction of sp³-hybridized carbons (Fsp3) is 0.222. The molecule has 2 amide bonds. The van der Waals surface area contributed by atoms with E-state index in [2.05, 4.69) is 5.32 Å². The van der Waals surface area contributed by atoms with Crippen molar-refractivity contribution < 1.29 is 27.5 Å². The zero-order chi connectivity index (χ0) is 20.5. The van der Waals surface area contributed by atoms with Gasteiger partial charge in [0.05, 0.1) is 29.9 Å². The third kappa shape index (κ3) is 3.58. The standard InChI is InChI=1S/C18H19N3O6S/c1-11(22)20-13-8-7-12(9-16(13)26-2)28(24,25)21-10-17(18(19)23)27-15-6-4-3-5-14(15)21/h3-9,17H,10H2,1-2H3,(H2,19,23)(H,20,22)/t17-/m1/s1. The van der Waals surface area contributed by atoms with E-state index in [-0.39, 0.29) is 28.8 Å². The second-order valence-electron chi connectivity index (χ2n) is 6.06. The van der Waals surface area contributed by atoms with Crippen LogP contribution >= 0.6 is 0 Å². The molecule has 28 heavy (non-hydrogen) atoms.